The molecule has 0 bridgehead atoms. The first-order valence-electron chi connectivity index (χ1n) is 12.2. The van der Waals surface area contributed by atoms with Gasteiger partial charge in [-0.1, -0.05) is 41.5 Å². The van der Waals surface area contributed by atoms with Crippen molar-refractivity contribution in [1.82, 2.24) is 43.8 Å². The third kappa shape index (κ3) is 5.40. The molecular weight excluding hydrogens is 450 g/mol. The Balaban J connectivity index is 0.000000127. The zero-order valence-corrected chi connectivity index (χ0v) is 21.7. The first kappa shape index (κ1) is 25.0. The summed E-state index contributed by atoms with van der Waals surface area (Å²) in [5, 5.41) is 12.5. The van der Waals surface area contributed by atoms with Gasteiger partial charge in [-0.3, -0.25) is 0 Å². The summed E-state index contributed by atoms with van der Waals surface area (Å²) >= 11 is 0. The third-order valence-corrected chi connectivity index (χ3v) is 5.77. The highest BCUT2D eigenvalue weighted by Gasteiger charge is 2.06. The van der Waals surface area contributed by atoms with E-state index in [0.717, 1.165) is 16.9 Å². The first-order valence-corrected chi connectivity index (χ1v) is 12.2. The van der Waals surface area contributed by atoms with Gasteiger partial charge in [-0.25, -0.2) is 28.5 Å². The van der Waals surface area contributed by atoms with Crippen LogP contribution in [0.2, 0.25) is 0 Å². The molecule has 0 fully saturated rings. The normalized spacial score (nSPS) is 11.2. The zero-order chi connectivity index (χ0) is 25.7. The Morgan fingerprint density at radius 2 is 1.06 bits per heavy atom. The maximum absolute atomic E-state index is 4.24. The average molecular weight is 484 g/mol. The molecule has 6 heterocycles. The molecule has 6 aromatic rings. The van der Waals surface area contributed by atoms with Crippen LogP contribution in [0.15, 0.2) is 73.7 Å². The molecule has 0 unspecified atom stereocenters. The van der Waals surface area contributed by atoms with Gasteiger partial charge < -0.3 is 0 Å². The van der Waals surface area contributed by atoms with Crippen LogP contribution in [0.3, 0.4) is 0 Å². The van der Waals surface area contributed by atoms with Gasteiger partial charge in [0.2, 0.25) is 0 Å². The van der Waals surface area contributed by atoms with Crippen LogP contribution >= 0.6 is 0 Å². The quantitative estimate of drug-likeness (QED) is 0.327. The van der Waals surface area contributed by atoms with Crippen LogP contribution in [-0.2, 0) is 0 Å². The number of imidazole rings is 1. The van der Waals surface area contributed by atoms with Crippen LogP contribution in [0.5, 0.6) is 0 Å². The number of fused-ring (bicyclic) bond motifs is 3. The lowest BCUT2D eigenvalue weighted by atomic mass is 10.1. The Labute approximate surface area is 210 Å². The maximum Gasteiger partial charge on any atom is 0.156 e. The van der Waals surface area contributed by atoms with E-state index < -0.39 is 0 Å². The summed E-state index contributed by atoms with van der Waals surface area (Å²) in [4.78, 5) is 12.6. The number of rotatable bonds is 3. The Kier molecular flexibility index (Phi) is 7.68. The SMILES string of the molecule is CC(C)c1ccnc2ccnn12.CC(C)c1ccnc2ccnn12.CC(C)c1ccnn2ccnc12. The van der Waals surface area contributed by atoms with Crippen LogP contribution in [0.1, 0.15) is 76.2 Å². The lowest BCUT2D eigenvalue weighted by Gasteiger charge is -2.06. The molecule has 6 rings (SSSR count). The lowest BCUT2D eigenvalue weighted by Crippen LogP contribution is -2.00. The molecule has 0 radical (unpaired) electrons. The third-order valence-electron chi connectivity index (χ3n) is 5.77. The topological polar surface area (TPSA) is 90.6 Å². The minimum absolute atomic E-state index is 0.482. The summed E-state index contributed by atoms with van der Waals surface area (Å²) in [6, 6.07) is 9.85. The summed E-state index contributed by atoms with van der Waals surface area (Å²) in [6.45, 7) is 12.9. The van der Waals surface area contributed by atoms with Crippen molar-refractivity contribution in [2.45, 2.75) is 59.3 Å². The predicted molar refractivity (Wildman–Crippen MR) is 141 cm³/mol. The van der Waals surface area contributed by atoms with E-state index in [-0.39, 0.29) is 0 Å². The summed E-state index contributed by atoms with van der Waals surface area (Å²) in [5.74, 6) is 1.46. The van der Waals surface area contributed by atoms with Crippen molar-refractivity contribution >= 4 is 16.9 Å². The number of aromatic nitrogens is 9. The standard InChI is InChI=1S/3C9H11N3/c2*1-7(2)8-3-5-10-9-4-6-11-12(8)9;1-7(2)8-3-4-11-12-6-5-10-9(8)12/h3*3-7H,1-2H3. The Hall–Kier alpha value is -4.14. The maximum atomic E-state index is 4.24. The van der Waals surface area contributed by atoms with Gasteiger partial charge in [0, 0.05) is 60.1 Å². The van der Waals surface area contributed by atoms with Gasteiger partial charge in [0.15, 0.2) is 16.9 Å². The average Bonchev–Trinajstić information content (AvgIpc) is 3.63. The molecule has 0 amide bonds. The molecule has 0 N–H and O–H groups in total. The number of hydrogen-bond acceptors (Lipinski definition) is 6. The summed E-state index contributed by atoms with van der Waals surface area (Å²) in [6.07, 6.45) is 12.6. The molecule has 9 heteroatoms. The van der Waals surface area contributed by atoms with E-state index in [0.29, 0.717) is 17.8 Å². The van der Waals surface area contributed by atoms with Gasteiger partial charge >= 0.3 is 0 Å². The van der Waals surface area contributed by atoms with E-state index in [1.54, 1.807) is 23.1 Å². The van der Waals surface area contributed by atoms with Crippen molar-refractivity contribution in [1.29, 1.82) is 0 Å². The van der Waals surface area contributed by atoms with E-state index in [1.807, 2.05) is 64.2 Å². The first-order chi connectivity index (χ1) is 17.4. The second kappa shape index (κ2) is 11.1. The largest absolute Gasteiger partial charge is 0.237 e. The molecule has 0 aliphatic heterocycles. The smallest absolute Gasteiger partial charge is 0.156 e. The van der Waals surface area contributed by atoms with Gasteiger partial charge in [0.05, 0.1) is 12.4 Å². The van der Waals surface area contributed by atoms with Crippen molar-refractivity contribution in [2.24, 2.45) is 0 Å². The Morgan fingerprint density at radius 1 is 0.528 bits per heavy atom. The van der Waals surface area contributed by atoms with Crippen molar-refractivity contribution < 1.29 is 0 Å². The molecular formula is C27H33N9. The van der Waals surface area contributed by atoms with Crippen molar-refractivity contribution in [3.05, 3.63) is 90.7 Å². The molecule has 0 spiro atoms. The van der Waals surface area contributed by atoms with Gasteiger partial charge in [0.1, 0.15) is 0 Å². The molecule has 9 nitrogen and oxygen atoms in total. The highest BCUT2D eigenvalue weighted by molar-refractivity contribution is 5.47. The van der Waals surface area contributed by atoms with Gasteiger partial charge in [0.25, 0.3) is 0 Å². The highest BCUT2D eigenvalue weighted by atomic mass is 15.3. The van der Waals surface area contributed by atoms with E-state index in [1.165, 1.54) is 17.0 Å². The zero-order valence-electron chi connectivity index (χ0n) is 21.7. The fraction of sp³-hybridized carbons (Fsp3) is 0.333. The number of nitrogens with zero attached hydrogens (tertiary/aromatic N) is 9. The van der Waals surface area contributed by atoms with Gasteiger partial charge in [-0.15, -0.1) is 0 Å². The molecule has 0 aromatic carbocycles. The minimum Gasteiger partial charge on any atom is -0.237 e. The second-order valence-electron chi connectivity index (χ2n) is 9.39. The summed E-state index contributed by atoms with van der Waals surface area (Å²) < 4.78 is 5.56. The number of hydrogen-bond donors (Lipinski definition) is 0. The molecule has 0 aliphatic rings. The lowest BCUT2D eigenvalue weighted by molar-refractivity contribution is 0.749. The van der Waals surface area contributed by atoms with Crippen LogP contribution in [0.4, 0.5) is 0 Å². The highest BCUT2D eigenvalue weighted by Crippen LogP contribution is 2.17. The van der Waals surface area contributed by atoms with Crippen LogP contribution in [-0.4, -0.2) is 43.8 Å². The fourth-order valence-electron chi connectivity index (χ4n) is 3.89. The van der Waals surface area contributed by atoms with E-state index in [4.69, 9.17) is 0 Å². The van der Waals surface area contributed by atoms with E-state index in [2.05, 4.69) is 71.8 Å². The summed E-state index contributed by atoms with van der Waals surface area (Å²) in [5.41, 5.74) is 6.44. The van der Waals surface area contributed by atoms with Crippen molar-refractivity contribution in [3.63, 3.8) is 0 Å². The van der Waals surface area contributed by atoms with Gasteiger partial charge in [-0.05, 0) is 36.0 Å². The molecule has 6 aromatic heterocycles. The van der Waals surface area contributed by atoms with Crippen molar-refractivity contribution in [2.75, 3.05) is 0 Å². The minimum atomic E-state index is 0.482. The second-order valence-corrected chi connectivity index (χ2v) is 9.39. The molecule has 0 saturated heterocycles. The predicted octanol–water partition coefficient (Wildman–Crippen LogP) is 5.56. The summed E-state index contributed by atoms with van der Waals surface area (Å²) in [7, 11) is 0. The molecule has 36 heavy (non-hydrogen) atoms. The van der Waals surface area contributed by atoms with Crippen LogP contribution in [0.25, 0.3) is 16.9 Å². The van der Waals surface area contributed by atoms with Gasteiger partial charge in [-0.2, -0.15) is 15.3 Å². The van der Waals surface area contributed by atoms with Crippen LogP contribution < -0.4 is 0 Å². The Bertz CT molecular complexity index is 1350. The fourth-order valence-corrected chi connectivity index (χ4v) is 3.89. The monoisotopic (exact) mass is 483 g/mol. The van der Waals surface area contributed by atoms with Crippen molar-refractivity contribution in [3.8, 4) is 0 Å². The van der Waals surface area contributed by atoms with E-state index >= 15 is 0 Å². The molecule has 0 saturated carbocycles. The van der Waals surface area contributed by atoms with Crippen LogP contribution in [0, 0.1) is 0 Å². The molecule has 186 valence electrons. The molecule has 0 aliphatic carbocycles. The molecule has 0 atom stereocenters. The Morgan fingerprint density at radius 3 is 1.56 bits per heavy atom. The van der Waals surface area contributed by atoms with E-state index in [9.17, 15) is 0 Å².